The Morgan fingerprint density at radius 3 is 2.36 bits per heavy atom. The van der Waals surface area contributed by atoms with Gasteiger partial charge in [-0.3, -0.25) is 4.18 Å². The van der Waals surface area contributed by atoms with E-state index in [9.17, 15) is 8.42 Å². The van der Waals surface area contributed by atoms with Crippen molar-refractivity contribution in [2.24, 2.45) is 5.92 Å². The molecule has 0 radical (unpaired) electrons. The monoisotopic (exact) mass is 178 g/mol. The maximum atomic E-state index is 10.6. The lowest BCUT2D eigenvalue weighted by atomic mass is 9.81. The Hall–Kier alpha value is -0.0900. The SMILES string of the molecule is CCC1CC(OS(C)(=O)=O)C1. The molecule has 0 aliphatic heterocycles. The van der Waals surface area contributed by atoms with Crippen LogP contribution < -0.4 is 0 Å². The highest BCUT2D eigenvalue weighted by Crippen LogP contribution is 2.32. The molecule has 1 rings (SSSR count). The summed E-state index contributed by atoms with van der Waals surface area (Å²) in [5.74, 6) is 0.682. The molecule has 0 atom stereocenters. The van der Waals surface area contributed by atoms with Crippen LogP contribution in [0.25, 0.3) is 0 Å². The minimum absolute atomic E-state index is 0.0325. The van der Waals surface area contributed by atoms with Crippen molar-refractivity contribution in [2.75, 3.05) is 6.26 Å². The predicted octanol–water partition coefficient (Wildman–Crippen LogP) is 1.15. The van der Waals surface area contributed by atoms with Crippen LogP contribution in [0.5, 0.6) is 0 Å². The van der Waals surface area contributed by atoms with E-state index in [-0.39, 0.29) is 6.10 Å². The van der Waals surface area contributed by atoms with Crippen LogP contribution in [-0.2, 0) is 14.3 Å². The first kappa shape index (κ1) is 9.00. The average molecular weight is 178 g/mol. The maximum absolute atomic E-state index is 10.6. The summed E-state index contributed by atoms with van der Waals surface area (Å²) in [6.45, 7) is 2.11. The van der Waals surface area contributed by atoms with Gasteiger partial charge in [0.25, 0.3) is 10.1 Å². The molecule has 1 aliphatic carbocycles. The van der Waals surface area contributed by atoms with Crippen LogP contribution in [0.15, 0.2) is 0 Å². The lowest BCUT2D eigenvalue weighted by Crippen LogP contribution is -2.32. The Morgan fingerprint density at radius 1 is 1.45 bits per heavy atom. The minimum Gasteiger partial charge on any atom is -0.267 e. The second-order valence-electron chi connectivity index (χ2n) is 3.17. The summed E-state index contributed by atoms with van der Waals surface area (Å²) in [4.78, 5) is 0. The van der Waals surface area contributed by atoms with Crippen LogP contribution in [0, 0.1) is 5.92 Å². The fourth-order valence-electron chi connectivity index (χ4n) is 1.33. The third-order valence-corrected chi connectivity index (χ3v) is 2.70. The average Bonchev–Trinajstić information content (AvgIpc) is 1.75. The molecule has 0 aromatic rings. The third kappa shape index (κ3) is 2.79. The van der Waals surface area contributed by atoms with Crippen molar-refractivity contribution >= 4 is 10.1 Å². The van der Waals surface area contributed by atoms with Crippen molar-refractivity contribution in [3.63, 3.8) is 0 Å². The Morgan fingerprint density at radius 2 is 2.00 bits per heavy atom. The molecule has 1 aliphatic rings. The Kier molecular flexibility index (Phi) is 2.54. The van der Waals surface area contributed by atoms with Gasteiger partial charge < -0.3 is 0 Å². The molecule has 0 unspecified atom stereocenters. The number of hydrogen-bond acceptors (Lipinski definition) is 3. The van der Waals surface area contributed by atoms with Gasteiger partial charge in [-0.15, -0.1) is 0 Å². The second-order valence-corrected chi connectivity index (χ2v) is 4.77. The van der Waals surface area contributed by atoms with Crippen LogP contribution in [0.1, 0.15) is 26.2 Å². The lowest BCUT2D eigenvalue weighted by Gasteiger charge is -2.33. The largest absolute Gasteiger partial charge is 0.267 e. The zero-order valence-electron chi connectivity index (χ0n) is 6.91. The predicted molar refractivity (Wildman–Crippen MR) is 42.7 cm³/mol. The minimum atomic E-state index is -3.22. The van der Waals surface area contributed by atoms with E-state index in [4.69, 9.17) is 4.18 Å². The molecule has 0 aromatic carbocycles. The van der Waals surface area contributed by atoms with E-state index in [1.165, 1.54) is 0 Å². The highest BCUT2D eigenvalue weighted by atomic mass is 32.2. The first-order chi connectivity index (χ1) is 5.01. The first-order valence-electron chi connectivity index (χ1n) is 3.89. The summed E-state index contributed by atoms with van der Waals surface area (Å²) in [6.07, 6.45) is 4.01. The van der Waals surface area contributed by atoms with Crippen molar-refractivity contribution < 1.29 is 12.6 Å². The summed E-state index contributed by atoms with van der Waals surface area (Å²) >= 11 is 0. The summed E-state index contributed by atoms with van der Waals surface area (Å²) in [5.41, 5.74) is 0. The smallest absolute Gasteiger partial charge is 0.264 e. The molecule has 11 heavy (non-hydrogen) atoms. The third-order valence-electron chi connectivity index (χ3n) is 2.08. The van der Waals surface area contributed by atoms with Gasteiger partial charge in [0.1, 0.15) is 0 Å². The quantitative estimate of drug-likeness (QED) is 0.609. The van der Waals surface area contributed by atoms with Crippen LogP contribution >= 0.6 is 0 Å². The molecule has 66 valence electrons. The molecule has 0 aromatic heterocycles. The van der Waals surface area contributed by atoms with Crippen molar-refractivity contribution in [1.82, 2.24) is 0 Å². The van der Waals surface area contributed by atoms with E-state index in [1.807, 2.05) is 0 Å². The van der Waals surface area contributed by atoms with Gasteiger partial charge in [-0.2, -0.15) is 8.42 Å². The Balaban J connectivity index is 2.24. The molecule has 1 saturated carbocycles. The molecule has 0 spiro atoms. The van der Waals surface area contributed by atoms with E-state index in [1.54, 1.807) is 0 Å². The van der Waals surface area contributed by atoms with Gasteiger partial charge in [-0.05, 0) is 18.8 Å². The standard InChI is InChI=1S/C7H14O3S/c1-3-6-4-7(5-6)10-11(2,8)9/h6-7H,3-5H2,1-2H3. The zero-order chi connectivity index (χ0) is 8.48. The molecule has 1 fully saturated rings. The van der Waals surface area contributed by atoms with E-state index in [2.05, 4.69) is 6.92 Å². The topological polar surface area (TPSA) is 43.4 Å². The van der Waals surface area contributed by atoms with E-state index >= 15 is 0 Å². The normalized spacial score (nSPS) is 31.5. The van der Waals surface area contributed by atoms with Crippen molar-refractivity contribution in [1.29, 1.82) is 0 Å². The molecule has 0 bridgehead atoms. The molecular weight excluding hydrogens is 164 g/mol. The van der Waals surface area contributed by atoms with Gasteiger partial charge >= 0.3 is 0 Å². The van der Waals surface area contributed by atoms with E-state index < -0.39 is 10.1 Å². The first-order valence-corrected chi connectivity index (χ1v) is 5.71. The molecule has 4 heteroatoms. The summed E-state index contributed by atoms with van der Waals surface area (Å²) in [5, 5.41) is 0. The van der Waals surface area contributed by atoms with Crippen LogP contribution in [0.4, 0.5) is 0 Å². The maximum Gasteiger partial charge on any atom is 0.264 e. The van der Waals surface area contributed by atoms with Gasteiger partial charge in [-0.1, -0.05) is 13.3 Å². The zero-order valence-corrected chi connectivity index (χ0v) is 7.73. The van der Waals surface area contributed by atoms with Crippen molar-refractivity contribution in [3.8, 4) is 0 Å². The highest BCUT2D eigenvalue weighted by Gasteiger charge is 2.30. The van der Waals surface area contributed by atoms with E-state index in [0.717, 1.165) is 25.5 Å². The summed E-state index contributed by atoms with van der Waals surface area (Å²) in [6, 6.07) is 0. The van der Waals surface area contributed by atoms with Crippen molar-refractivity contribution in [3.05, 3.63) is 0 Å². The molecular formula is C7H14O3S. The van der Waals surface area contributed by atoms with Crippen LogP contribution in [0.2, 0.25) is 0 Å². The van der Waals surface area contributed by atoms with Gasteiger partial charge in [0.15, 0.2) is 0 Å². The van der Waals surface area contributed by atoms with Crippen LogP contribution in [0.3, 0.4) is 0 Å². The molecule has 0 saturated heterocycles. The van der Waals surface area contributed by atoms with Crippen LogP contribution in [-0.4, -0.2) is 20.8 Å². The van der Waals surface area contributed by atoms with Gasteiger partial charge in [-0.25, -0.2) is 0 Å². The molecule has 0 heterocycles. The summed E-state index contributed by atoms with van der Waals surface area (Å²) < 4.78 is 26.0. The summed E-state index contributed by atoms with van der Waals surface area (Å²) in [7, 11) is -3.22. The van der Waals surface area contributed by atoms with E-state index in [0.29, 0.717) is 5.92 Å². The molecule has 3 nitrogen and oxygen atoms in total. The van der Waals surface area contributed by atoms with Gasteiger partial charge in [0.2, 0.25) is 0 Å². The molecule has 0 N–H and O–H groups in total. The highest BCUT2D eigenvalue weighted by molar-refractivity contribution is 7.86. The number of hydrogen-bond donors (Lipinski definition) is 0. The van der Waals surface area contributed by atoms with Gasteiger partial charge in [0.05, 0.1) is 12.4 Å². The Bertz CT molecular complexity index is 214. The Labute approximate surface area is 67.9 Å². The van der Waals surface area contributed by atoms with Gasteiger partial charge in [0, 0.05) is 0 Å². The molecule has 0 amide bonds. The lowest BCUT2D eigenvalue weighted by molar-refractivity contribution is 0.0700. The fourth-order valence-corrected chi connectivity index (χ4v) is 1.99. The van der Waals surface area contributed by atoms with Crippen molar-refractivity contribution in [2.45, 2.75) is 32.3 Å². The number of rotatable bonds is 3. The second kappa shape index (κ2) is 3.11. The fraction of sp³-hybridized carbons (Fsp3) is 1.00.